The zero-order valence-electron chi connectivity index (χ0n) is 15.5. The van der Waals surface area contributed by atoms with Crippen LogP contribution < -0.4 is 9.64 Å². The van der Waals surface area contributed by atoms with E-state index in [0.29, 0.717) is 13.2 Å². The lowest BCUT2D eigenvalue weighted by molar-refractivity contribution is 0.0661. The molecule has 1 fully saturated rings. The molecular formula is C21H27ClN2O2. The van der Waals surface area contributed by atoms with Crippen LogP contribution in [-0.4, -0.2) is 55.4 Å². The van der Waals surface area contributed by atoms with Gasteiger partial charge in [-0.25, -0.2) is 0 Å². The zero-order valence-corrected chi connectivity index (χ0v) is 16.2. The topological polar surface area (TPSA) is 35.9 Å². The number of piperazine rings is 1. The first-order valence-electron chi connectivity index (χ1n) is 9.12. The van der Waals surface area contributed by atoms with Gasteiger partial charge in [-0.3, -0.25) is 4.90 Å². The number of hydrogen-bond acceptors (Lipinski definition) is 4. The van der Waals surface area contributed by atoms with Gasteiger partial charge in [0.05, 0.1) is 0 Å². The zero-order chi connectivity index (χ0) is 18.5. The molecule has 4 nitrogen and oxygen atoms in total. The molecule has 0 amide bonds. The molecule has 0 spiro atoms. The van der Waals surface area contributed by atoms with E-state index in [1.54, 1.807) is 0 Å². The van der Waals surface area contributed by atoms with Crippen molar-refractivity contribution in [1.29, 1.82) is 0 Å². The van der Waals surface area contributed by atoms with Crippen molar-refractivity contribution in [3.63, 3.8) is 0 Å². The third kappa shape index (κ3) is 5.13. The van der Waals surface area contributed by atoms with Crippen LogP contribution >= 0.6 is 11.6 Å². The first-order valence-corrected chi connectivity index (χ1v) is 9.50. The van der Waals surface area contributed by atoms with Crippen LogP contribution in [0.4, 0.5) is 5.69 Å². The molecule has 5 heteroatoms. The van der Waals surface area contributed by atoms with E-state index in [-0.39, 0.29) is 0 Å². The summed E-state index contributed by atoms with van der Waals surface area (Å²) in [4.78, 5) is 4.62. The average Bonchev–Trinajstić information content (AvgIpc) is 2.61. The highest BCUT2D eigenvalue weighted by Gasteiger charge is 2.20. The van der Waals surface area contributed by atoms with Crippen molar-refractivity contribution in [2.24, 2.45) is 0 Å². The quantitative estimate of drug-likeness (QED) is 0.839. The fraction of sp³-hybridized carbons (Fsp3) is 0.429. The van der Waals surface area contributed by atoms with Gasteiger partial charge in [0.2, 0.25) is 0 Å². The molecule has 1 aliphatic rings. The lowest BCUT2D eigenvalue weighted by Crippen LogP contribution is -2.49. The van der Waals surface area contributed by atoms with E-state index >= 15 is 0 Å². The Morgan fingerprint density at radius 1 is 1.08 bits per heavy atom. The normalized spacial score (nSPS) is 16.5. The van der Waals surface area contributed by atoms with Gasteiger partial charge in [-0.2, -0.15) is 0 Å². The molecule has 140 valence electrons. The largest absolute Gasteiger partial charge is 0.491 e. The van der Waals surface area contributed by atoms with Gasteiger partial charge < -0.3 is 14.7 Å². The van der Waals surface area contributed by atoms with Gasteiger partial charge in [0.15, 0.2) is 0 Å². The van der Waals surface area contributed by atoms with Crippen molar-refractivity contribution in [1.82, 2.24) is 4.90 Å². The van der Waals surface area contributed by atoms with Crippen molar-refractivity contribution in [3.8, 4) is 5.75 Å². The van der Waals surface area contributed by atoms with Gasteiger partial charge in [0.1, 0.15) is 18.5 Å². The van der Waals surface area contributed by atoms with E-state index in [9.17, 15) is 5.11 Å². The first-order chi connectivity index (χ1) is 12.5. The summed E-state index contributed by atoms with van der Waals surface area (Å²) in [5.41, 5.74) is 3.48. The molecule has 1 saturated heterocycles. The van der Waals surface area contributed by atoms with E-state index in [2.05, 4.69) is 28.9 Å². The fourth-order valence-electron chi connectivity index (χ4n) is 3.36. The van der Waals surface area contributed by atoms with Crippen LogP contribution in [0.25, 0.3) is 0 Å². The Bertz CT molecular complexity index is 730. The van der Waals surface area contributed by atoms with Crippen LogP contribution in [0.1, 0.15) is 11.1 Å². The summed E-state index contributed by atoms with van der Waals surface area (Å²) in [5.74, 6) is 0.848. The molecule has 3 rings (SSSR count). The predicted molar refractivity (Wildman–Crippen MR) is 108 cm³/mol. The average molecular weight is 375 g/mol. The number of nitrogens with zero attached hydrogens (tertiary/aromatic N) is 2. The van der Waals surface area contributed by atoms with Gasteiger partial charge in [-0.1, -0.05) is 35.4 Å². The molecule has 1 heterocycles. The van der Waals surface area contributed by atoms with Crippen LogP contribution in [-0.2, 0) is 0 Å². The maximum atomic E-state index is 10.3. The van der Waals surface area contributed by atoms with Gasteiger partial charge in [-0.15, -0.1) is 0 Å². The second kappa shape index (κ2) is 8.76. The fourth-order valence-corrected chi connectivity index (χ4v) is 3.54. The van der Waals surface area contributed by atoms with Crippen LogP contribution in [0, 0.1) is 13.8 Å². The number of anilines is 1. The van der Waals surface area contributed by atoms with Crippen molar-refractivity contribution in [3.05, 3.63) is 58.6 Å². The summed E-state index contributed by atoms with van der Waals surface area (Å²) >= 11 is 6.08. The Kier molecular flexibility index (Phi) is 6.41. The molecule has 0 saturated carbocycles. The highest BCUT2D eigenvalue weighted by atomic mass is 35.5. The Morgan fingerprint density at radius 3 is 2.54 bits per heavy atom. The number of hydrogen-bond donors (Lipinski definition) is 1. The predicted octanol–water partition coefficient (Wildman–Crippen LogP) is 3.52. The van der Waals surface area contributed by atoms with Gasteiger partial charge >= 0.3 is 0 Å². The minimum Gasteiger partial charge on any atom is -0.491 e. The third-order valence-electron chi connectivity index (χ3n) is 4.78. The Hall–Kier alpha value is -1.75. The molecule has 1 N–H and O–H groups in total. The SMILES string of the molecule is Cc1ccc(OCC(O)CN2CCN(c3cccc(Cl)c3)CC2)c(C)c1. The molecular weight excluding hydrogens is 348 g/mol. The number of halogens is 1. The van der Waals surface area contributed by atoms with Crippen LogP contribution in [0.15, 0.2) is 42.5 Å². The molecule has 0 aliphatic carbocycles. The van der Waals surface area contributed by atoms with Crippen LogP contribution in [0.5, 0.6) is 5.75 Å². The smallest absolute Gasteiger partial charge is 0.122 e. The van der Waals surface area contributed by atoms with E-state index in [1.165, 1.54) is 5.56 Å². The molecule has 1 unspecified atom stereocenters. The van der Waals surface area contributed by atoms with Gasteiger partial charge in [0.25, 0.3) is 0 Å². The number of rotatable bonds is 6. The van der Waals surface area contributed by atoms with E-state index < -0.39 is 6.10 Å². The number of aliphatic hydroxyl groups excluding tert-OH is 1. The summed E-state index contributed by atoms with van der Waals surface area (Å²) < 4.78 is 5.80. The standard InChI is InChI=1S/C21H27ClN2O2/c1-16-6-7-21(17(2)12-16)26-15-20(25)14-23-8-10-24(11-9-23)19-5-3-4-18(22)13-19/h3-7,12-13,20,25H,8-11,14-15H2,1-2H3. The molecule has 0 radical (unpaired) electrons. The Labute approximate surface area is 160 Å². The van der Waals surface area contributed by atoms with Crippen LogP contribution in [0.3, 0.4) is 0 Å². The molecule has 26 heavy (non-hydrogen) atoms. The maximum Gasteiger partial charge on any atom is 0.122 e. The molecule has 1 aliphatic heterocycles. The summed E-state index contributed by atoms with van der Waals surface area (Å²) in [7, 11) is 0. The van der Waals surface area contributed by atoms with Crippen molar-refractivity contribution < 1.29 is 9.84 Å². The van der Waals surface area contributed by atoms with Crippen molar-refractivity contribution in [2.75, 3.05) is 44.2 Å². The summed E-state index contributed by atoms with van der Waals surface area (Å²) in [6.07, 6.45) is -0.492. The number of benzene rings is 2. The van der Waals surface area contributed by atoms with Crippen molar-refractivity contribution >= 4 is 17.3 Å². The summed E-state index contributed by atoms with van der Waals surface area (Å²) in [5, 5.41) is 11.1. The molecule has 0 aromatic heterocycles. The second-order valence-electron chi connectivity index (χ2n) is 7.00. The lowest BCUT2D eigenvalue weighted by atomic mass is 10.1. The molecule has 2 aromatic carbocycles. The number of aliphatic hydroxyl groups is 1. The minimum atomic E-state index is -0.492. The summed E-state index contributed by atoms with van der Waals surface area (Å²) in [6, 6.07) is 14.1. The monoisotopic (exact) mass is 374 g/mol. The van der Waals surface area contributed by atoms with Gasteiger partial charge in [-0.05, 0) is 43.7 Å². The second-order valence-corrected chi connectivity index (χ2v) is 7.44. The van der Waals surface area contributed by atoms with E-state index in [1.807, 2.05) is 37.3 Å². The summed E-state index contributed by atoms with van der Waals surface area (Å²) in [6.45, 7) is 8.77. The minimum absolute atomic E-state index is 0.318. The molecule has 2 aromatic rings. The first kappa shape index (κ1) is 19.0. The molecule has 0 bridgehead atoms. The van der Waals surface area contributed by atoms with Crippen LogP contribution in [0.2, 0.25) is 5.02 Å². The number of aryl methyl sites for hydroxylation is 2. The number of β-amino-alcohol motifs (C(OH)–C–C–N with tert-alkyl or cyclic N) is 1. The molecule has 1 atom stereocenters. The number of ether oxygens (including phenoxy) is 1. The Balaban J connectivity index is 1.44. The van der Waals surface area contributed by atoms with Gasteiger partial charge in [0, 0.05) is 43.4 Å². The van der Waals surface area contributed by atoms with E-state index in [0.717, 1.165) is 48.2 Å². The van der Waals surface area contributed by atoms with E-state index in [4.69, 9.17) is 16.3 Å². The highest BCUT2D eigenvalue weighted by molar-refractivity contribution is 6.30. The van der Waals surface area contributed by atoms with Crippen molar-refractivity contribution in [2.45, 2.75) is 20.0 Å². The Morgan fingerprint density at radius 2 is 1.85 bits per heavy atom. The highest BCUT2D eigenvalue weighted by Crippen LogP contribution is 2.21. The third-order valence-corrected chi connectivity index (χ3v) is 5.01. The lowest BCUT2D eigenvalue weighted by Gasteiger charge is -2.36. The maximum absolute atomic E-state index is 10.3.